The van der Waals surface area contributed by atoms with Gasteiger partial charge in [0.1, 0.15) is 0 Å². The summed E-state index contributed by atoms with van der Waals surface area (Å²) in [6.07, 6.45) is 17.4. The summed E-state index contributed by atoms with van der Waals surface area (Å²) in [6.45, 7) is 6.96. The molecule has 0 N–H and O–H groups in total. The molecule has 0 aromatic carbocycles. The molecule has 0 amide bonds. The standard InChI is InChI=1S/C16H33.Sn/c1-4-7-10-11-12-15-16(13-8-5-2)14-9-6-3;/h4-15H2,1-3H3;. The van der Waals surface area contributed by atoms with Gasteiger partial charge >= 0.3 is 124 Å². The summed E-state index contributed by atoms with van der Waals surface area (Å²) in [5.74, 6) is 0. The molecule has 0 aliphatic heterocycles. The quantitative estimate of drug-likeness (QED) is 0.298. The van der Waals surface area contributed by atoms with Crippen LogP contribution in [0.15, 0.2) is 0 Å². The molecule has 0 rings (SSSR count). The first-order valence-corrected chi connectivity index (χ1v) is 9.36. The van der Waals surface area contributed by atoms with Crippen molar-refractivity contribution in [3.05, 3.63) is 0 Å². The molecular weight excluding hydrogens is 311 g/mol. The van der Waals surface area contributed by atoms with Gasteiger partial charge < -0.3 is 0 Å². The Bertz CT molecular complexity index is 146. The summed E-state index contributed by atoms with van der Waals surface area (Å²) in [6, 6.07) is 0. The van der Waals surface area contributed by atoms with Gasteiger partial charge in [0.25, 0.3) is 0 Å². The molecule has 0 aliphatic carbocycles. The molecule has 101 valence electrons. The van der Waals surface area contributed by atoms with E-state index in [-0.39, 0.29) is 0 Å². The van der Waals surface area contributed by atoms with Crippen LogP contribution in [-0.4, -0.2) is 22.5 Å². The molecule has 1 heteroatoms. The first-order valence-electron chi connectivity index (χ1n) is 7.93. The topological polar surface area (TPSA) is 0 Å². The van der Waals surface area contributed by atoms with Gasteiger partial charge in [-0.3, -0.25) is 0 Å². The third kappa shape index (κ3) is 10.4. The average Bonchev–Trinajstić information content (AvgIpc) is 2.34. The summed E-state index contributed by atoms with van der Waals surface area (Å²) in [5.41, 5.74) is 0. The molecule has 0 bridgehead atoms. The average molecular weight is 344 g/mol. The van der Waals surface area contributed by atoms with Crippen LogP contribution in [0, 0.1) is 0 Å². The molecular formula is C16H33Sn. The van der Waals surface area contributed by atoms with Crippen LogP contribution in [0.2, 0.25) is 3.43 Å². The molecule has 0 heterocycles. The van der Waals surface area contributed by atoms with Crippen LogP contribution in [0.25, 0.3) is 0 Å². The molecule has 0 atom stereocenters. The third-order valence-corrected chi connectivity index (χ3v) is 5.92. The molecule has 17 heavy (non-hydrogen) atoms. The maximum atomic E-state index is 2.33. The van der Waals surface area contributed by atoms with Crippen LogP contribution in [0.3, 0.4) is 0 Å². The van der Waals surface area contributed by atoms with E-state index in [0.717, 1.165) is 3.43 Å². The van der Waals surface area contributed by atoms with Gasteiger partial charge in [-0.2, -0.15) is 0 Å². The van der Waals surface area contributed by atoms with Crippen LogP contribution >= 0.6 is 0 Å². The Kier molecular flexibility index (Phi) is 12.4. The van der Waals surface area contributed by atoms with Crippen LogP contribution in [0.4, 0.5) is 0 Å². The SMILES string of the molecule is CCCCCCC[C]([Sn])(CCCC)CCCC. The van der Waals surface area contributed by atoms with Gasteiger partial charge in [0.05, 0.1) is 0 Å². The van der Waals surface area contributed by atoms with Crippen molar-refractivity contribution in [2.45, 2.75) is 101 Å². The second-order valence-electron chi connectivity index (χ2n) is 5.65. The molecule has 0 spiro atoms. The Hall–Kier alpha value is 0.799. The zero-order chi connectivity index (χ0) is 13.0. The molecule has 0 aromatic rings. The van der Waals surface area contributed by atoms with Gasteiger partial charge in [-0.1, -0.05) is 0 Å². The Morgan fingerprint density at radius 1 is 0.588 bits per heavy atom. The number of hydrogen-bond donors (Lipinski definition) is 0. The molecule has 0 aromatic heterocycles. The fourth-order valence-electron chi connectivity index (χ4n) is 2.47. The van der Waals surface area contributed by atoms with Gasteiger partial charge in [-0.15, -0.1) is 0 Å². The Balaban J connectivity index is 3.82. The first-order chi connectivity index (χ1) is 8.18. The van der Waals surface area contributed by atoms with Gasteiger partial charge in [0.2, 0.25) is 0 Å². The van der Waals surface area contributed by atoms with E-state index in [1.165, 1.54) is 77.0 Å². The van der Waals surface area contributed by atoms with E-state index in [1.54, 1.807) is 0 Å². The van der Waals surface area contributed by atoms with Crippen LogP contribution < -0.4 is 0 Å². The molecule has 0 saturated heterocycles. The van der Waals surface area contributed by atoms with Gasteiger partial charge in [-0.05, 0) is 0 Å². The van der Waals surface area contributed by atoms with E-state index in [9.17, 15) is 0 Å². The van der Waals surface area contributed by atoms with Crippen molar-refractivity contribution < 1.29 is 0 Å². The first kappa shape index (κ1) is 17.8. The molecule has 0 unspecified atom stereocenters. The fraction of sp³-hybridized carbons (Fsp3) is 1.00. The zero-order valence-electron chi connectivity index (χ0n) is 12.5. The van der Waals surface area contributed by atoms with Crippen molar-refractivity contribution in [2.24, 2.45) is 0 Å². The molecule has 0 saturated carbocycles. The van der Waals surface area contributed by atoms with Crippen molar-refractivity contribution in [3.8, 4) is 0 Å². The van der Waals surface area contributed by atoms with E-state index in [4.69, 9.17) is 0 Å². The Morgan fingerprint density at radius 2 is 1.00 bits per heavy atom. The van der Waals surface area contributed by atoms with Crippen molar-refractivity contribution in [1.82, 2.24) is 0 Å². The molecule has 0 fully saturated rings. The molecule has 0 nitrogen and oxygen atoms in total. The van der Waals surface area contributed by atoms with E-state index >= 15 is 0 Å². The normalized spacial score (nSPS) is 12.0. The summed E-state index contributed by atoms with van der Waals surface area (Å²) in [7, 11) is 0. The Labute approximate surface area is 123 Å². The summed E-state index contributed by atoms with van der Waals surface area (Å²) >= 11 is 1.81. The summed E-state index contributed by atoms with van der Waals surface area (Å²) in [4.78, 5) is 0. The zero-order valence-corrected chi connectivity index (χ0v) is 15.3. The van der Waals surface area contributed by atoms with E-state index in [0.29, 0.717) is 0 Å². The van der Waals surface area contributed by atoms with E-state index in [2.05, 4.69) is 20.8 Å². The van der Waals surface area contributed by atoms with Crippen molar-refractivity contribution in [2.75, 3.05) is 0 Å². The van der Waals surface area contributed by atoms with Gasteiger partial charge in [0.15, 0.2) is 0 Å². The maximum absolute atomic E-state index is 2.33. The van der Waals surface area contributed by atoms with E-state index < -0.39 is 0 Å². The van der Waals surface area contributed by atoms with Crippen LogP contribution in [0.1, 0.15) is 97.8 Å². The number of hydrogen-bond acceptors (Lipinski definition) is 0. The minimum atomic E-state index is 0.741. The van der Waals surface area contributed by atoms with E-state index in [1.807, 2.05) is 22.5 Å². The predicted molar refractivity (Wildman–Crippen MR) is 80.9 cm³/mol. The van der Waals surface area contributed by atoms with Crippen molar-refractivity contribution in [3.63, 3.8) is 0 Å². The number of rotatable bonds is 12. The van der Waals surface area contributed by atoms with Crippen molar-refractivity contribution in [1.29, 1.82) is 0 Å². The minimum absolute atomic E-state index is 0.741. The second kappa shape index (κ2) is 11.9. The van der Waals surface area contributed by atoms with Crippen molar-refractivity contribution >= 4 is 22.5 Å². The fourth-order valence-corrected chi connectivity index (χ4v) is 3.99. The van der Waals surface area contributed by atoms with Crippen LogP contribution in [0.5, 0.6) is 0 Å². The Morgan fingerprint density at radius 3 is 1.47 bits per heavy atom. The predicted octanol–water partition coefficient (Wildman–Crippen LogP) is 6.05. The third-order valence-electron chi connectivity index (χ3n) is 3.78. The summed E-state index contributed by atoms with van der Waals surface area (Å²) < 4.78 is 0.741. The summed E-state index contributed by atoms with van der Waals surface area (Å²) in [5, 5.41) is 0. The van der Waals surface area contributed by atoms with Gasteiger partial charge in [-0.25, -0.2) is 0 Å². The molecule has 0 aliphatic rings. The monoisotopic (exact) mass is 345 g/mol. The molecule has 3 radical (unpaired) electrons. The van der Waals surface area contributed by atoms with Crippen LogP contribution in [-0.2, 0) is 0 Å². The second-order valence-corrected chi connectivity index (χ2v) is 8.68. The van der Waals surface area contributed by atoms with Gasteiger partial charge in [0, 0.05) is 0 Å². The number of unbranched alkanes of at least 4 members (excludes halogenated alkanes) is 6.